The zero-order chi connectivity index (χ0) is 26.8. The number of rotatable bonds is 6. The molecule has 1 fully saturated rings. The maximum absolute atomic E-state index is 13.6. The van der Waals surface area contributed by atoms with Crippen LogP contribution in [0, 0.1) is 6.92 Å². The van der Waals surface area contributed by atoms with Crippen molar-refractivity contribution in [1.29, 1.82) is 0 Å². The number of hydrogen-bond acceptors (Lipinski definition) is 5. The highest BCUT2D eigenvalue weighted by Crippen LogP contribution is 2.26. The maximum Gasteiger partial charge on any atom is 0.330 e. The molecule has 1 aromatic heterocycles. The van der Waals surface area contributed by atoms with Crippen LogP contribution in [0.15, 0.2) is 54.7 Å². The monoisotopic (exact) mass is 536 g/mol. The molecule has 0 spiro atoms. The summed E-state index contributed by atoms with van der Waals surface area (Å²) < 4.78 is 1.65. The number of aromatic nitrogens is 2. The Morgan fingerprint density at radius 3 is 2.45 bits per heavy atom. The van der Waals surface area contributed by atoms with Gasteiger partial charge in [-0.1, -0.05) is 23.7 Å². The zero-order valence-electron chi connectivity index (χ0n) is 20.9. The van der Waals surface area contributed by atoms with Crippen molar-refractivity contribution >= 4 is 35.3 Å². The fraction of sp³-hybridized carbons (Fsp3) is 0.333. The molecule has 0 aliphatic carbocycles. The Morgan fingerprint density at radius 2 is 1.79 bits per heavy atom. The molecule has 1 atom stereocenters. The van der Waals surface area contributed by atoms with Gasteiger partial charge in [0.1, 0.15) is 17.6 Å². The molecule has 3 aromatic rings. The summed E-state index contributed by atoms with van der Waals surface area (Å²) in [6, 6.07) is 11.9. The van der Waals surface area contributed by atoms with Crippen molar-refractivity contribution in [3.63, 3.8) is 0 Å². The molecule has 3 N–H and O–H groups in total. The topological polar surface area (TPSA) is 120 Å². The lowest BCUT2D eigenvalue weighted by Gasteiger charge is -2.37. The van der Waals surface area contributed by atoms with Crippen molar-refractivity contribution in [3.8, 4) is 5.75 Å². The Labute approximate surface area is 225 Å². The second-order valence-corrected chi connectivity index (χ2v) is 10.1. The number of urea groups is 1. The molecule has 5 rings (SSSR count). The molecule has 2 aliphatic rings. The molecule has 4 amide bonds. The van der Waals surface area contributed by atoms with Crippen LogP contribution in [0.3, 0.4) is 0 Å². The summed E-state index contributed by atoms with van der Waals surface area (Å²) in [4.78, 5) is 47.1. The molecule has 0 saturated carbocycles. The normalized spacial score (nSPS) is 16.3. The molecule has 0 unspecified atom stereocenters. The number of halogens is 1. The van der Waals surface area contributed by atoms with Gasteiger partial charge in [0.25, 0.3) is 0 Å². The quantitative estimate of drug-likeness (QED) is 0.443. The number of carbonyl (C=O) groups is 3. The molecule has 3 heterocycles. The van der Waals surface area contributed by atoms with Gasteiger partial charge < -0.3 is 25.5 Å². The van der Waals surface area contributed by atoms with Gasteiger partial charge in [-0.3, -0.25) is 9.36 Å². The molecule has 198 valence electrons. The average Bonchev–Trinajstić information content (AvgIpc) is 3.45. The van der Waals surface area contributed by atoms with E-state index >= 15 is 0 Å². The van der Waals surface area contributed by atoms with Crippen LogP contribution >= 0.6 is 11.6 Å². The standard InChI is InChI=1S/C27H29ClN6O4/c1-17-29-15-22-16-33(27(38)34(17)22)21-10-12-32(13-11-21)25(36)24(14-18-2-8-23(35)9-3-18)31-26(37)30-20-6-4-19(28)5-7-20/h2-9,15,21,24,35H,10-14,16H2,1H3,(H2,30,31,37)/t24-/m1/s1. The smallest absolute Gasteiger partial charge is 0.330 e. The number of phenolic OH excluding ortho intramolecular Hbond substituents is 1. The van der Waals surface area contributed by atoms with Crippen LogP contribution in [-0.2, 0) is 17.8 Å². The van der Waals surface area contributed by atoms with Crippen molar-refractivity contribution in [2.75, 3.05) is 18.4 Å². The third-order valence-electron chi connectivity index (χ3n) is 7.08. The molecule has 38 heavy (non-hydrogen) atoms. The fourth-order valence-electron chi connectivity index (χ4n) is 5.06. The highest BCUT2D eigenvalue weighted by molar-refractivity contribution is 6.30. The van der Waals surface area contributed by atoms with Crippen LogP contribution in [-0.4, -0.2) is 67.6 Å². The number of carbonyl (C=O) groups excluding carboxylic acids is 3. The van der Waals surface area contributed by atoms with Crippen LogP contribution in [0.5, 0.6) is 5.75 Å². The molecule has 10 nitrogen and oxygen atoms in total. The van der Waals surface area contributed by atoms with E-state index in [0.717, 1.165) is 11.3 Å². The van der Waals surface area contributed by atoms with Crippen molar-refractivity contribution in [1.82, 2.24) is 24.7 Å². The van der Waals surface area contributed by atoms with Gasteiger partial charge >= 0.3 is 12.1 Å². The average molecular weight is 537 g/mol. The van der Waals surface area contributed by atoms with E-state index in [1.54, 1.807) is 64.2 Å². The minimum atomic E-state index is -0.814. The summed E-state index contributed by atoms with van der Waals surface area (Å²) in [5.41, 5.74) is 2.24. The van der Waals surface area contributed by atoms with E-state index in [0.29, 0.717) is 49.0 Å². The third kappa shape index (κ3) is 5.45. The van der Waals surface area contributed by atoms with E-state index in [1.165, 1.54) is 0 Å². The number of nitrogens with one attached hydrogen (secondary N) is 2. The Hall–Kier alpha value is -4.05. The van der Waals surface area contributed by atoms with Crippen molar-refractivity contribution in [2.24, 2.45) is 0 Å². The van der Waals surface area contributed by atoms with Gasteiger partial charge in [-0.15, -0.1) is 0 Å². The van der Waals surface area contributed by atoms with Gasteiger partial charge in [0, 0.05) is 36.3 Å². The van der Waals surface area contributed by atoms with E-state index < -0.39 is 12.1 Å². The van der Waals surface area contributed by atoms with Gasteiger partial charge in [0.05, 0.1) is 18.4 Å². The number of likely N-dealkylation sites (tertiary alicyclic amines) is 1. The largest absolute Gasteiger partial charge is 0.508 e. The van der Waals surface area contributed by atoms with E-state index in [1.807, 2.05) is 11.8 Å². The lowest BCUT2D eigenvalue weighted by molar-refractivity contribution is -0.134. The number of hydrogen-bond donors (Lipinski definition) is 3. The van der Waals surface area contributed by atoms with Crippen molar-refractivity contribution in [3.05, 3.63) is 76.8 Å². The summed E-state index contributed by atoms with van der Waals surface area (Å²) in [5.74, 6) is 0.614. The number of aryl methyl sites for hydroxylation is 1. The number of amides is 4. The van der Waals surface area contributed by atoms with E-state index in [9.17, 15) is 19.5 Å². The third-order valence-corrected chi connectivity index (χ3v) is 7.33. The second-order valence-electron chi connectivity index (χ2n) is 9.63. The predicted octanol–water partition coefficient (Wildman–Crippen LogP) is 3.76. The van der Waals surface area contributed by atoms with Crippen LogP contribution in [0.1, 0.15) is 29.9 Å². The first kappa shape index (κ1) is 25.6. The molecular formula is C27H29ClN6O4. The lowest BCUT2D eigenvalue weighted by Crippen LogP contribution is -2.54. The van der Waals surface area contributed by atoms with Gasteiger partial charge in [-0.2, -0.15) is 0 Å². The van der Waals surface area contributed by atoms with Crippen LogP contribution in [0.25, 0.3) is 0 Å². The Balaban J connectivity index is 1.24. The molecule has 1 saturated heterocycles. The maximum atomic E-state index is 13.6. The van der Waals surface area contributed by atoms with Gasteiger partial charge in [0.2, 0.25) is 5.91 Å². The summed E-state index contributed by atoms with van der Waals surface area (Å²) in [6.45, 7) is 3.29. The number of aromatic hydroxyl groups is 1. The Kier molecular flexibility index (Phi) is 7.24. The number of benzene rings is 2. The van der Waals surface area contributed by atoms with Crippen molar-refractivity contribution < 1.29 is 19.5 Å². The van der Waals surface area contributed by atoms with Gasteiger partial charge in [-0.05, 0) is 61.7 Å². The summed E-state index contributed by atoms with van der Waals surface area (Å²) in [5, 5.41) is 15.7. The van der Waals surface area contributed by atoms with Gasteiger partial charge in [-0.25, -0.2) is 14.6 Å². The molecule has 11 heteroatoms. The molecular weight excluding hydrogens is 508 g/mol. The first-order chi connectivity index (χ1) is 18.3. The number of piperidine rings is 1. The SMILES string of the molecule is Cc1ncc2n1C(=O)N(C1CCN(C(=O)[C@@H](Cc3ccc(O)cc3)NC(=O)Nc3ccc(Cl)cc3)CC1)C2. The number of imidazole rings is 1. The lowest BCUT2D eigenvalue weighted by atomic mass is 10.00. The van der Waals surface area contributed by atoms with E-state index in [-0.39, 0.29) is 30.2 Å². The van der Waals surface area contributed by atoms with Crippen LogP contribution in [0.2, 0.25) is 5.02 Å². The zero-order valence-corrected chi connectivity index (χ0v) is 21.7. The summed E-state index contributed by atoms with van der Waals surface area (Å²) >= 11 is 5.92. The number of anilines is 1. The molecule has 2 aliphatic heterocycles. The minimum Gasteiger partial charge on any atom is -0.508 e. The second kappa shape index (κ2) is 10.7. The highest BCUT2D eigenvalue weighted by atomic mass is 35.5. The van der Waals surface area contributed by atoms with Crippen LogP contribution in [0.4, 0.5) is 15.3 Å². The minimum absolute atomic E-state index is 0.0301. The Bertz CT molecular complexity index is 1330. The molecule has 0 bridgehead atoms. The predicted molar refractivity (Wildman–Crippen MR) is 142 cm³/mol. The van der Waals surface area contributed by atoms with E-state index in [2.05, 4.69) is 15.6 Å². The number of fused-ring (bicyclic) bond motifs is 1. The molecule has 2 aromatic carbocycles. The number of phenols is 1. The first-order valence-corrected chi connectivity index (χ1v) is 12.9. The summed E-state index contributed by atoms with van der Waals surface area (Å²) in [7, 11) is 0. The van der Waals surface area contributed by atoms with Gasteiger partial charge in [0.15, 0.2) is 0 Å². The molecule has 0 radical (unpaired) electrons. The Morgan fingerprint density at radius 1 is 1.11 bits per heavy atom. The van der Waals surface area contributed by atoms with Crippen LogP contribution < -0.4 is 10.6 Å². The first-order valence-electron chi connectivity index (χ1n) is 12.5. The fourth-order valence-corrected chi connectivity index (χ4v) is 5.19. The highest BCUT2D eigenvalue weighted by Gasteiger charge is 2.37. The van der Waals surface area contributed by atoms with Crippen molar-refractivity contribution in [2.45, 2.75) is 44.8 Å². The van der Waals surface area contributed by atoms with E-state index in [4.69, 9.17) is 11.6 Å². The number of nitrogens with zero attached hydrogens (tertiary/aromatic N) is 4. The summed E-state index contributed by atoms with van der Waals surface area (Å²) in [6.07, 6.45) is 3.30.